The largest absolute Gasteiger partial charge is 0.309 e. The van der Waals surface area contributed by atoms with E-state index in [-0.39, 0.29) is 5.41 Å². The predicted molar refractivity (Wildman–Crippen MR) is 213 cm³/mol. The van der Waals surface area contributed by atoms with Crippen LogP contribution in [0.2, 0.25) is 0 Å². The van der Waals surface area contributed by atoms with Gasteiger partial charge in [0.15, 0.2) is 17.5 Å². The van der Waals surface area contributed by atoms with Crippen molar-refractivity contribution in [3.63, 3.8) is 0 Å². The summed E-state index contributed by atoms with van der Waals surface area (Å²) in [6.07, 6.45) is 0. The summed E-state index contributed by atoms with van der Waals surface area (Å²) in [6.45, 7) is 4.73. The molecule has 0 radical (unpaired) electrons. The van der Waals surface area contributed by atoms with E-state index in [4.69, 9.17) is 15.0 Å². The van der Waals surface area contributed by atoms with E-state index < -0.39 is 0 Å². The summed E-state index contributed by atoms with van der Waals surface area (Å²) in [5, 5.41) is 2.56. The van der Waals surface area contributed by atoms with E-state index in [1.807, 2.05) is 60.7 Å². The molecule has 0 fully saturated rings. The van der Waals surface area contributed by atoms with Gasteiger partial charge in [0.25, 0.3) is 0 Å². The van der Waals surface area contributed by atoms with Crippen molar-refractivity contribution < 1.29 is 0 Å². The first-order valence-electron chi connectivity index (χ1n) is 17.8. The van der Waals surface area contributed by atoms with Crippen molar-refractivity contribution >= 4 is 21.8 Å². The summed E-state index contributed by atoms with van der Waals surface area (Å²) in [4.78, 5) is 14.9. The molecule has 10 rings (SSSR count). The molecule has 0 N–H and O–H groups in total. The minimum Gasteiger partial charge on any atom is -0.309 e. The first-order valence-corrected chi connectivity index (χ1v) is 17.8. The average molecular weight is 667 g/mol. The number of fused-ring (bicyclic) bond motifs is 7. The zero-order valence-corrected chi connectivity index (χ0v) is 29.0. The Morgan fingerprint density at radius 1 is 0.442 bits per heavy atom. The van der Waals surface area contributed by atoms with Gasteiger partial charge in [0.1, 0.15) is 0 Å². The van der Waals surface area contributed by atoms with Gasteiger partial charge in [-0.3, -0.25) is 0 Å². The highest BCUT2D eigenvalue weighted by Gasteiger charge is 2.38. The highest BCUT2D eigenvalue weighted by molar-refractivity contribution is 6.21. The highest BCUT2D eigenvalue weighted by Crippen LogP contribution is 2.55. The van der Waals surface area contributed by atoms with Crippen LogP contribution in [-0.2, 0) is 5.41 Å². The van der Waals surface area contributed by atoms with Gasteiger partial charge in [0.05, 0.1) is 11.0 Å². The summed E-state index contributed by atoms with van der Waals surface area (Å²) in [5.74, 6) is 1.96. The summed E-state index contributed by atoms with van der Waals surface area (Å²) in [6, 6.07) is 60.0. The van der Waals surface area contributed by atoms with Crippen molar-refractivity contribution in [3.05, 3.63) is 181 Å². The van der Waals surface area contributed by atoms with Crippen molar-refractivity contribution in [1.29, 1.82) is 0 Å². The molecule has 7 aromatic carbocycles. The van der Waals surface area contributed by atoms with Gasteiger partial charge in [-0.1, -0.05) is 159 Å². The Bertz CT molecular complexity index is 2720. The lowest BCUT2D eigenvalue weighted by atomic mass is 9.81. The third kappa shape index (κ3) is 4.65. The number of rotatable bonds is 5. The van der Waals surface area contributed by atoms with Gasteiger partial charge in [-0.25, -0.2) is 15.0 Å². The van der Waals surface area contributed by atoms with E-state index in [1.54, 1.807) is 0 Å². The zero-order valence-electron chi connectivity index (χ0n) is 29.0. The summed E-state index contributed by atoms with van der Waals surface area (Å²) >= 11 is 0. The predicted octanol–water partition coefficient (Wildman–Crippen LogP) is 11.9. The minimum absolute atomic E-state index is 0.155. The molecule has 0 atom stereocenters. The Kier molecular flexibility index (Phi) is 6.80. The van der Waals surface area contributed by atoms with Crippen molar-refractivity contribution in [1.82, 2.24) is 19.5 Å². The number of para-hydroxylation sites is 2. The minimum atomic E-state index is -0.155. The van der Waals surface area contributed by atoms with Crippen LogP contribution in [0.25, 0.3) is 83.9 Å². The van der Waals surface area contributed by atoms with Crippen LogP contribution in [0.5, 0.6) is 0 Å². The lowest BCUT2D eigenvalue weighted by molar-refractivity contribution is 0.661. The van der Waals surface area contributed by atoms with Crippen LogP contribution in [0.15, 0.2) is 170 Å². The molecule has 0 saturated heterocycles. The van der Waals surface area contributed by atoms with Crippen molar-refractivity contribution in [2.45, 2.75) is 19.3 Å². The maximum Gasteiger partial charge on any atom is 0.164 e. The second-order valence-electron chi connectivity index (χ2n) is 14.0. The van der Waals surface area contributed by atoms with Crippen LogP contribution < -0.4 is 0 Å². The van der Waals surface area contributed by atoms with Crippen LogP contribution in [0.1, 0.15) is 25.0 Å². The van der Waals surface area contributed by atoms with Gasteiger partial charge in [-0.2, -0.15) is 0 Å². The number of aromatic nitrogens is 4. The molecule has 4 nitrogen and oxygen atoms in total. The molecule has 52 heavy (non-hydrogen) atoms. The maximum atomic E-state index is 5.00. The number of benzene rings is 7. The summed E-state index contributed by atoms with van der Waals surface area (Å²) in [5.41, 5.74) is 14.0. The van der Waals surface area contributed by atoms with Gasteiger partial charge in [0, 0.05) is 44.1 Å². The van der Waals surface area contributed by atoms with Crippen LogP contribution in [-0.4, -0.2) is 19.5 Å². The quantitative estimate of drug-likeness (QED) is 0.184. The molecule has 2 heterocycles. The van der Waals surface area contributed by atoms with E-state index in [0.29, 0.717) is 17.5 Å². The maximum absolute atomic E-state index is 5.00. The fourth-order valence-corrected chi connectivity index (χ4v) is 8.13. The monoisotopic (exact) mass is 666 g/mol. The molecule has 0 amide bonds. The lowest BCUT2D eigenvalue weighted by Gasteiger charge is -2.23. The first kappa shape index (κ1) is 30.2. The van der Waals surface area contributed by atoms with Crippen LogP contribution in [0.3, 0.4) is 0 Å². The SMILES string of the molecule is CC1(C)c2ccccc2-c2c1cc(-c1ccc(-c3nc(-c4ccccc4)nc(-c4ccccc4)n3)cc1)c1c2c2ccccc2n1-c1ccccc1. The molecule has 0 spiro atoms. The summed E-state index contributed by atoms with van der Waals surface area (Å²) in [7, 11) is 0. The molecule has 0 saturated carbocycles. The summed E-state index contributed by atoms with van der Waals surface area (Å²) < 4.78 is 2.45. The standard InChI is InChI=1S/C48H34N4/c1-48(2)39-24-14-12-22-36(39)42-40(48)30-38(44-43(42)37-23-13-15-25-41(37)52(44)35-20-10-5-11-21-35)31-26-28-34(29-27-31)47-50-45(32-16-6-3-7-17-32)49-46(51-47)33-18-8-4-9-19-33/h3-30H,1-2H3. The normalized spacial score (nSPS) is 13.0. The lowest BCUT2D eigenvalue weighted by Crippen LogP contribution is -2.15. The van der Waals surface area contributed by atoms with Gasteiger partial charge >= 0.3 is 0 Å². The number of hydrogen-bond acceptors (Lipinski definition) is 3. The van der Waals surface area contributed by atoms with Gasteiger partial charge in [-0.15, -0.1) is 0 Å². The molecule has 1 aliphatic carbocycles. The third-order valence-electron chi connectivity index (χ3n) is 10.6. The van der Waals surface area contributed by atoms with E-state index in [2.05, 4.69) is 128 Å². The molecule has 0 bridgehead atoms. The second kappa shape index (κ2) is 11.7. The Morgan fingerprint density at radius 3 is 1.58 bits per heavy atom. The molecule has 9 aromatic rings. The Morgan fingerprint density at radius 2 is 0.942 bits per heavy atom. The Hall–Kier alpha value is -6.65. The third-order valence-corrected chi connectivity index (χ3v) is 10.6. The van der Waals surface area contributed by atoms with Gasteiger partial charge in [-0.05, 0) is 52.1 Å². The molecule has 0 unspecified atom stereocenters. The first-order chi connectivity index (χ1) is 25.6. The molecule has 246 valence electrons. The smallest absolute Gasteiger partial charge is 0.164 e. The molecule has 1 aliphatic rings. The van der Waals surface area contributed by atoms with Crippen molar-refractivity contribution in [2.24, 2.45) is 0 Å². The van der Waals surface area contributed by atoms with Crippen LogP contribution in [0, 0.1) is 0 Å². The van der Waals surface area contributed by atoms with E-state index in [0.717, 1.165) is 27.9 Å². The zero-order chi connectivity index (χ0) is 34.8. The fraction of sp³-hybridized carbons (Fsp3) is 0.0625. The molecule has 0 aliphatic heterocycles. The molecule has 2 aromatic heterocycles. The Labute approximate surface area is 302 Å². The molecule has 4 heteroatoms. The van der Waals surface area contributed by atoms with Crippen molar-refractivity contribution in [3.8, 4) is 62.1 Å². The molecular weight excluding hydrogens is 633 g/mol. The number of hydrogen-bond donors (Lipinski definition) is 0. The van der Waals surface area contributed by atoms with Gasteiger partial charge < -0.3 is 4.57 Å². The van der Waals surface area contributed by atoms with Crippen molar-refractivity contribution in [2.75, 3.05) is 0 Å². The topological polar surface area (TPSA) is 43.6 Å². The van der Waals surface area contributed by atoms with E-state index in [1.165, 1.54) is 49.6 Å². The van der Waals surface area contributed by atoms with Crippen LogP contribution >= 0.6 is 0 Å². The Balaban J connectivity index is 1.21. The average Bonchev–Trinajstić information content (AvgIpc) is 3.67. The van der Waals surface area contributed by atoms with E-state index >= 15 is 0 Å². The van der Waals surface area contributed by atoms with Crippen LogP contribution in [0.4, 0.5) is 0 Å². The fourth-order valence-electron chi connectivity index (χ4n) is 8.13. The second-order valence-corrected chi connectivity index (χ2v) is 14.0. The highest BCUT2D eigenvalue weighted by atomic mass is 15.0. The van der Waals surface area contributed by atoms with E-state index in [9.17, 15) is 0 Å². The number of nitrogens with zero attached hydrogens (tertiary/aromatic N) is 4. The van der Waals surface area contributed by atoms with Gasteiger partial charge in [0.2, 0.25) is 0 Å². The molecular formula is C48H34N4.